The predicted octanol–water partition coefficient (Wildman–Crippen LogP) is 10.2. The maximum Gasteiger partial charge on any atom is 0.205 e. The van der Waals surface area contributed by atoms with Crippen molar-refractivity contribution < 1.29 is 14.6 Å². The van der Waals surface area contributed by atoms with Gasteiger partial charge < -0.3 is 14.6 Å². The molecule has 216 valence electrons. The lowest BCUT2D eigenvalue weighted by Gasteiger charge is -2.40. The van der Waals surface area contributed by atoms with Crippen LogP contribution in [0.2, 0.25) is 0 Å². The van der Waals surface area contributed by atoms with Gasteiger partial charge in [-0.05, 0) is 110 Å². The van der Waals surface area contributed by atoms with Crippen molar-refractivity contribution >= 4 is 0 Å². The Bertz CT molecular complexity index is 975. The smallest absolute Gasteiger partial charge is 0.205 e. The molecule has 1 N–H and O–H groups in total. The van der Waals surface area contributed by atoms with Crippen molar-refractivity contribution in [3.05, 3.63) is 59.7 Å². The van der Waals surface area contributed by atoms with Crippen LogP contribution in [0.3, 0.4) is 0 Å². The van der Waals surface area contributed by atoms with E-state index in [0.29, 0.717) is 17.6 Å². The van der Waals surface area contributed by atoms with Crippen molar-refractivity contribution in [3.63, 3.8) is 0 Å². The number of benzene rings is 2. The number of rotatable bonds is 10. The highest BCUT2D eigenvalue weighted by Crippen LogP contribution is 2.49. The molecule has 0 aromatic heterocycles. The van der Waals surface area contributed by atoms with Crippen molar-refractivity contribution in [3.8, 4) is 11.5 Å². The first-order valence-corrected chi connectivity index (χ1v) is 16.0. The molecule has 0 amide bonds. The molecule has 5 rings (SSSR count). The van der Waals surface area contributed by atoms with Crippen LogP contribution >= 0.6 is 0 Å². The molecule has 0 spiro atoms. The zero-order valence-corrected chi connectivity index (χ0v) is 25.3. The van der Waals surface area contributed by atoms with E-state index in [-0.39, 0.29) is 11.7 Å². The summed E-state index contributed by atoms with van der Waals surface area (Å²) in [5.74, 6) is 5.18. The van der Waals surface area contributed by atoms with Gasteiger partial charge >= 0.3 is 0 Å². The zero-order valence-electron chi connectivity index (χ0n) is 25.3. The van der Waals surface area contributed by atoms with Crippen molar-refractivity contribution in [1.29, 1.82) is 0 Å². The molecular weight excluding hydrogens is 480 g/mol. The van der Waals surface area contributed by atoms with Gasteiger partial charge in [0.15, 0.2) is 0 Å². The van der Waals surface area contributed by atoms with Crippen molar-refractivity contribution in [2.45, 2.75) is 123 Å². The highest BCUT2D eigenvalue weighted by Gasteiger charge is 2.42. The third kappa shape index (κ3) is 8.03. The summed E-state index contributed by atoms with van der Waals surface area (Å²) in [6.45, 7) is 12.2. The first-order chi connectivity index (χ1) is 18.8. The number of ether oxygens (including phenoxy) is 2. The summed E-state index contributed by atoms with van der Waals surface area (Å²) in [5, 5.41) is 9.01. The van der Waals surface area contributed by atoms with Crippen LogP contribution in [0.25, 0.3) is 0 Å². The minimum absolute atomic E-state index is 0.110. The van der Waals surface area contributed by atoms with Crippen LogP contribution in [0, 0.1) is 23.2 Å². The van der Waals surface area contributed by atoms with Crippen molar-refractivity contribution in [1.82, 2.24) is 0 Å². The largest absolute Gasteiger partial charge is 0.508 e. The second kappa shape index (κ2) is 14.1. The molecule has 3 aliphatic rings. The Balaban J connectivity index is 0.000000270. The molecule has 6 atom stereocenters. The Kier molecular flexibility index (Phi) is 10.8. The van der Waals surface area contributed by atoms with E-state index in [1.807, 2.05) is 12.1 Å². The van der Waals surface area contributed by atoms with Gasteiger partial charge in [-0.15, -0.1) is 0 Å². The van der Waals surface area contributed by atoms with Crippen LogP contribution in [-0.2, 0) is 4.74 Å². The summed E-state index contributed by atoms with van der Waals surface area (Å²) < 4.78 is 13.1. The fourth-order valence-electron chi connectivity index (χ4n) is 7.04. The predicted molar refractivity (Wildman–Crippen MR) is 162 cm³/mol. The number of hydrogen-bond acceptors (Lipinski definition) is 3. The summed E-state index contributed by atoms with van der Waals surface area (Å²) in [6.07, 6.45) is 14.4. The summed E-state index contributed by atoms with van der Waals surface area (Å²) >= 11 is 0. The van der Waals surface area contributed by atoms with E-state index < -0.39 is 0 Å². The molecule has 3 fully saturated rings. The second-order valence-electron chi connectivity index (χ2n) is 13.2. The topological polar surface area (TPSA) is 38.7 Å². The maximum atomic E-state index is 9.01. The van der Waals surface area contributed by atoms with Crippen LogP contribution in [0.1, 0.15) is 128 Å². The van der Waals surface area contributed by atoms with Crippen molar-refractivity contribution in [2.75, 3.05) is 6.61 Å². The van der Waals surface area contributed by atoms with E-state index in [1.54, 1.807) is 12.1 Å². The number of fused-ring (bicyclic) bond motifs is 2. The molecule has 3 heteroatoms. The monoisotopic (exact) mass is 534 g/mol. The number of phenols is 1. The van der Waals surface area contributed by atoms with E-state index >= 15 is 0 Å². The lowest BCUT2D eigenvalue weighted by Crippen LogP contribution is -2.42. The maximum absolute atomic E-state index is 9.01. The average molecular weight is 535 g/mol. The number of aromatic hydroxyl groups is 1. The molecule has 3 aliphatic carbocycles. The van der Waals surface area contributed by atoms with Crippen LogP contribution < -0.4 is 4.74 Å². The molecule has 2 bridgehead atoms. The molecule has 3 nitrogen and oxygen atoms in total. The molecule has 39 heavy (non-hydrogen) atoms. The van der Waals surface area contributed by atoms with E-state index in [2.05, 4.69) is 58.9 Å². The number of hydrogen-bond donors (Lipinski definition) is 1. The van der Waals surface area contributed by atoms with Gasteiger partial charge in [0.05, 0.1) is 6.61 Å². The average Bonchev–Trinajstić information content (AvgIpc) is 3.59. The second-order valence-corrected chi connectivity index (χ2v) is 13.2. The SMILES string of the molecule is CCC(C)c1ccc(O)cc1.CCC(C)c1ccc(OC(OCC2CC3CCC2C3)C2(C)CCCCC2)cc1. The Labute approximate surface area is 238 Å². The molecule has 6 unspecified atom stereocenters. The van der Waals surface area contributed by atoms with Crippen LogP contribution in [0.4, 0.5) is 0 Å². The third-order valence-electron chi connectivity index (χ3n) is 10.3. The lowest BCUT2D eigenvalue weighted by atomic mass is 9.75. The molecule has 0 aliphatic heterocycles. The van der Waals surface area contributed by atoms with Gasteiger partial charge in [0.2, 0.25) is 6.29 Å². The fourth-order valence-corrected chi connectivity index (χ4v) is 7.04. The van der Waals surface area contributed by atoms with Crippen LogP contribution in [0.15, 0.2) is 48.5 Å². The van der Waals surface area contributed by atoms with E-state index in [4.69, 9.17) is 14.6 Å². The van der Waals surface area contributed by atoms with E-state index in [9.17, 15) is 0 Å². The van der Waals surface area contributed by atoms with Gasteiger partial charge in [0.1, 0.15) is 11.5 Å². The Hall–Kier alpha value is -2.00. The minimum atomic E-state index is -0.110. The zero-order chi connectivity index (χ0) is 27.8. The van der Waals surface area contributed by atoms with Gasteiger partial charge in [-0.2, -0.15) is 0 Å². The molecular formula is C36H54O3. The van der Waals surface area contributed by atoms with Gasteiger partial charge in [-0.3, -0.25) is 0 Å². The first kappa shape index (κ1) is 30.0. The Morgan fingerprint density at radius 1 is 0.821 bits per heavy atom. The molecule has 0 heterocycles. The van der Waals surface area contributed by atoms with Gasteiger partial charge in [0, 0.05) is 5.41 Å². The molecule has 2 aromatic carbocycles. The van der Waals surface area contributed by atoms with Crippen LogP contribution in [-0.4, -0.2) is 18.0 Å². The number of phenolic OH excluding ortho intramolecular Hbond substituents is 1. The van der Waals surface area contributed by atoms with Gasteiger partial charge in [0.25, 0.3) is 0 Å². The highest BCUT2D eigenvalue weighted by molar-refractivity contribution is 5.29. The quantitative estimate of drug-likeness (QED) is 0.308. The van der Waals surface area contributed by atoms with Gasteiger partial charge in [-0.1, -0.05) is 84.6 Å². The Morgan fingerprint density at radius 2 is 1.41 bits per heavy atom. The summed E-state index contributed by atoms with van der Waals surface area (Å²) in [6, 6.07) is 16.2. The molecule has 0 saturated heterocycles. The standard InChI is InChI=1S/C26H40O2.C10H14O/c1-4-19(2)21-10-12-24(13-11-21)28-25(26(3)14-6-5-7-15-26)27-18-23-17-20-8-9-22(23)16-20;1-3-8(2)9-4-6-10(11)7-5-9/h10-13,19-20,22-23,25H,4-9,14-18H2,1-3H3;4-8,11H,3H2,1-2H3. The molecule has 0 radical (unpaired) electrons. The summed E-state index contributed by atoms with van der Waals surface area (Å²) in [7, 11) is 0. The minimum Gasteiger partial charge on any atom is -0.508 e. The fraction of sp³-hybridized carbons (Fsp3) is 0.667. The first-order valence-electron chi connectivity index (χ1n) is 16.0. The summed E-state index contributed by atoms with van der Waals surface area (Å²) in [4.78, 5) is 0. The van der Waals surface area contributed by atoms with E-state index in [1.165, 1.54) is 75.3 Å². The molecule has 3 saturated carbocycles. The van der Waals surface area contributed by atoms with Crippen LogP contribution in [0.5, 0.6) is 11.5 Å². The summed E-state index contributed by atoms with van der Waals surface area (Å²) in [5.41, 5.74) is 2.84. The van der Waals surface area contributed by atoms with Crippen molar-refractivity contribution in [2.24, 2.45) is 23.2 Å². The molecule has 2 aromatic rings. The van der Waals surface area contributed by atoms with E-state index in [0.717, 1.165) is 36.5 Å². The normalized spacial score (nSPS) is 25.8. The Morgan fingerprint density at radius 3 is 1.92 bits per heavy atom. The highest BCUT2D eigenvalue weighted by atomic mass is 16.7. The lowest BCUT2D eigenvalue weighted by molar-refractivity contribution is -0.172. The third-order valence-corrected chi connectivity index (χ3v) is 10.3. The van der Waals surface area contributed by atoms with Gasteiger partial charge in [-0.25, -0.2) is 0 Å².